The highest BCUT2D eigenvalue weighted by Gasteiger charge is 2.29. The molecule has 4 nitrogen and oxygen atoms in total. The summed E-state index contributed by atoms with van der Waals surface area (Å²) in [5, 5.41) is 9.69. The van der Waals surface area contributed by atoms with Crippen LogP contribution in [0.2, 0.25) is 5.02 Å². The van der Waals surface area contributed by atoms with E-state index >= 15 is 0 Å². The van der Waals surface area contributed by atoms with Crippen molar-refractivity contribution in [1.82, 2.24) is 0 Å². The molecule has 0 spiro atoms. The zero-order chi connectivity index (χ0) is 15.2. The Labute approximate surface area is 126 Å². The van der Waals surface area contributed by atoms with Crippen LogP contribution in [0.5, 0.6) is 0 Å². The number of aliphatic carboxylic acids is 1. The summed E-state index contributed by atoms with van der Waals surface area (Å²) in [6.07, 6.45) is 0. The highest BCUT2D eigenvalue weighted by molar-refractivity contribution is 6.31. The van der Waals surface area contributed by atoms with E-state index < -0.39 is 17.9 Å². The Morgan fingerprint density at radius 2 is 1.67 bits per heavy atom. The first-order valence-electron chi connectivity index (χ1n) is 6.27. The quantitative estimate of drug-likeness (QED) is 0.680. The number of hydrogen-bond donors (Lipinski definition) is 1. The van der Waals surface area contributed by atoms with Crippen molar-refractivity contribution < 1.29 is 19.4 Å². The van der Waals surface area contributed by atoms with Crippen molar-refractivity contribution in [2.45, 2.75) is 12.5 Å². The Hall–Kier alpha value is -2.33. The van der Waals surface area contributed by atoms with Gasteiger partial charge in [0.05, 0.1) is 0 Å². The van der Waals surface area contributed by atoms with Crippen molar-refractivity contribution in [1.29, 1.82) is 0 Å². The molecule has 2 rings (SSSR count). The number of carbonyl (C=O) groups is 2. The standard InChI is InChI=1S/C16H13ClO4/c17-13-9-5-4-8-12(13)10-21-16(20)14(15(18)19)11-6-2-1-3-7-11/h1-9,14H,10H2,(H,18,19). The Balaban J connectivity index is 2.10. The van der Waals surface area contributed by atoms with E-state index in [0.29, 0.717) is 16.1 Å². The fourth-order valence-corrected chi connectivity index (χ4v) is 2.06. The Morgan fingerprint density at radius 1 is 1.05 bits per heavy atom. The molecule has 0 saturated carbocycles. The SMILES string of the molecule is O=C(O)C(C(=O)OCc1ccccc1Cl)c1ccccc1. The molecule has 2 aromatic rings. The molecular weight excluding hydrogens is 292 g/mol. The van der Waals surface area contributed by atoms with Crippen molar-refractivity contribution in [2.24, 2.45) is 0 Å². The lowest BCUT2D eigenvalue weighted by Crippen LogP contribution is -2.23. The summed E-state index contributed by atoms with van der Waals surface area (Å²) in [5.74, 6) is -3.40. The third kappa shape index (κ3) is 3.83. The highest BCUT2D eigenvalue weighted by atomic mass is 35.5. The van der Waals surface area contributed by atoms with E-state index in [0.717, 1.165) is 0 Å². The first kappa shape index (κ1) is 15.1. The van der Waals surface area contributed by atoms with Crippen LogP contribution in [0.25, 0.3) is 0 Å². The lowest BCUT2D eigenvalue weighted by Gasteiger charge is -2.13. The average Bonchev–Trinajstić information content (AvgIpc) is 2.47. The molecule has 0 aromatic heterocycles. The van der Waals surface area contributed by atoms with Gasteiger partial charge in [-0.05, 0) is 11.6 Å². The molecule has 2 aromatic carbocycles. The van der Waals surface area contributed by atoms with Crippen molar-refractivity contribution >= 4 is 23.5 Å². The fraction of sp³-hybridized carbons (Fsp3) is 0.125. The van der Waals surface area contributed by atoms with Gasteiger partial charge in [-0.1, -0.05) is 60.1 Å². The maximum Gasteiger partial charge on any atom is 0.325 e. The minimum Gasteiger partial charge on any atom is -0.480 e. The third-order valence-electron chi connectivity index (χ3n) is 2.94. The van der Waals surface area contributed by atoms with Crippen molar-refractivity contribution in [3.63, 3.8) is 0 Å². The van der Waals surface area contributed by atoms with Crippen LogP contribution >= 0.6 is 11.6 Å². The number of carboxylic acids is 1. The van der Waals surface area contributed by atoms with Gasteiger partial charge in [0.1, 0.15) is 6.61 Å². The number of halogens is 1. The van der Waals surface area contributed by atoms with E-state index in [9.17, 15) is 14.7 Å². The number of carbonyl (C=O) groups excluding carboxylic acids is 1. The molecule has 21 heavy (non-hydrogen) atoms. The number of hydrogen-bond acceptors (Lipinski definition) is 3. The van der Waals surface area contributed by atoms with Crippen molar-refractivity contribution in [3.8, 4) is 0 Å². The first-order chi connectivity index (χ1) is 10.1. The topological polar surface area (TPSA) is 63.6 Å². The molecule has 0 radical (unpaired) electrons. The summed E-state index contributed by atoms with van der Waals surface area (Å²) < 4.78 is 5.08. The van der Waals surface area contributed by atoms with Crippen LogP contribution in [0.4, 0.5) is 0 Å². The number of rotatable bonds is 5. The van der Waals surface area contributed by atoms with Gasteiger partial charge in [0.2, 0.25) is 0 Å². The zero-order valence-corrected chi connectivity index (χ0v) is 11.8. The smallest absolute Gasteiger partial charge is 0.325 e. The lowest BCUT2D eigenvalue weighted by atomic mass is 10.00. The fourth-order valence-electron chi connectivity index (χ4n) is 1.87. The van der Waals surface area contributed by atoms with Gasteiger partial charge in [0, 0.05) is 10.6 Å². The van der Waals surface area contributed by atoms with E-state index in [4.69, 9.17) is 16.3 Å². The highest BCUT2D eigenvalue weighted by Crippen LogP contribution is 2.20. The molecule has 1 atom stereocenters. The summed E-state index contributed by atoms with van der Waals surface area (Å²) in [4.78, 5) is 23.3. The Morgan fingerprint density at radius 3 is 2.29 bits per heavy atom. The number of carboxylic acid groups (broad SMARTS) is 1. The molecule has 0 aliphatic heterocycles. The lowest BCUT2D eigenvalue weighted by molar-refractivity contribution is -0.155. The summed E-state index contributed by atoms with van der Waals surface area (Å²) >= 11 is 5.96. The predicted molar refractivity (Wildman–Crippen MR) is 78.1 cm³/mol. The predicted octanol–water partition coefficient (Wildman–Crippen LogP) is 3.25. The molecule has 0 aliphatic rings. The molecule has 1 unspecified atom stereocenters. The molecule has 0 saturated heterocycles. The van der Waals surface area contributed by atoms with Gasteiger partial charge in [-0.25, -0.2) is 0 Å². The number of esters is 1. The van der Waals surface area contributed by atoms with Gasteiger partial charge in [-0.2, -0.15) is 0 Å². The van der Waals surface area contributed by atoms with Gasteiger partial charge in [-0.15, -0.1) is 0 Å². The summed E-state index contributed by atoms with van der Waals surface area (Å²) in [7, 11) is 0. The van der Waals surface area contributed by atoms with E-state index in [-0.39, 0.29) is 6.61 Å². The molecule has 5 heteroatoms. The molecule has 0 bridgehead atoms. The normalized spacial score (nSPS) is 11.7. The van der Waals surface area contributed by atoms with Crippen LogP contribution in [-0.4, -0.2) is 17.0 Å². The van der Waals surface area contributed by atoms with E-state index in [1.807, 2.05) is 0 Å². The second kappa shape index (κ2) is 6.90. The molecule has 0 heterocycles. The molecule has 0 aliphatic carbocycles. The van der Waals surface area contributed by atoms with Crippen LogP contribution in [0, 0.1) is 0 Å². The average molecular weight is 305 g/mol. The third-order valence-corrected chi connectivity index (χ3v) is 3.31. The number of ether oxygens (including phenoxy) is 1. The summed E-state index contributed by atoms with van der Waals surface area (Å²) in [5.41, 5.74) is 1.01. The minimum atomic E-state index is -1.34. The second-order valence-electron chi connectivity index (χ2n) is 4.38. The Bertz CT molecular complexity index is 640. The van der Waals surface area contributed by atoms with Crippen LogP contribution in [0.15, 0.2) is 54.6 Å². The van der Waals surface area contributed by atoms with Crippen molar-refractivity contribution in [2.75, 3.05) is 0 Å². The molecule has 1 N–H and O–H groups in total. The maximum absolute atomic E-state index is 12.0. The molecular formula is C16H13ClO4. The molecule has 0 amide bonds. The van der Waals surface area contributed by atoms with E-state index in [1.165, 1.54) is 0 Å². The molecule has 108 valence electrons. The monoisotopic (exact) mass is 304 g/mol. The van der Waals surface area contributed by atoms with Crippen LogP contribution in [0.3, 0.4) is 0 Å². The zero-order valence-electron chi connectivity index (χ0n) is 11.0. The van der Waals surface area contributed by atoms with Crippen LogP contribution in [0.1, 0.15) is 17.0 Å². The van der Waals surface area contributed by atoms with E-state index in [2.05, 4.69) is 0 Å². The second-order valence-corrected chi connectivity index (χ2v) is 4.79. The van der Waals surface area contributed by atoms with Crippen LogP contribution in [-0.2, 0) is 20.9 Å². The largest absolute Gasteiger partial charge is 0.480 e. The summed E-state index contributed by atoms with van der Waals surface area (Å²) in [6.45, 7) is -0.0604. The first-order valence-corrected chi connectivity index (χ1v) is 6.65. The summed E-state index contributed by atoms with van der Waals surface area (Å²) in [6, 6.07) is 15.2. The minimum absolute atomic E-state index is 0.0604. The van der Waals surface area contributed by atoms with Gasteiger partial charge in [0.25, 0.3) is 0 Å². The van der Waals surface area contributed by atoms with Gasteiger partial charge in [0.15, 0.2) is 5.92 Å². The van der Waals surface area contributed by atoms with Gasteiger partial charge < -0.3 is 9.84 Å². The number of benzene rings is 2. The van der Waals surface area contributed by atoms with Gasteiger partial charge >= 0.3 is 11.9 Å². The molecule has 0 fully saturated rings. The maximum atomic E-state index is 12.0. The van der Waals surface area contributed by atoms with Crippen LogP contribution < -0.4 is 0 Å². The van der Waals surface area contributed by atoms with Gasteiger partial charge in [-0.3, -0.25) is 9.59 Å². The van der Waals surface area contributed by atoms with Crippen molar-refractivity contribution in [3.05, 3.63) is 70.7 Å². The Kier molecular flexibility index (Phi) is 4.95. The van der Waals surface area contributed by atoms with E-state index in [1.54, 1.807) is 54.6 Å².